The number of primary amides is 1. The van der Waals surface area contributed by atoms with E-state index in [1.807, 2.05) is 29.2 Å². The Balaban J connectivity index is 1.60. The minimum atomic E-state index is -3.28. The van der Waals surface area contributed by atoms with Crippen molar-refractivity contribution in [3.05, 3.63) is 59.7 Å². The van der Waals surface area contributed by atoms with Gasteiger partial charge in [0, 0.05) is 33.3 Å². The summed E-state index contributed by atoms with van der Waals surface area (Å²) in [5, 5.41) is 3.47. The topological polar surface area (TPSA) is 102 Å². The molecule has 0 radical (unpaired) electrons. The van der Waals surface area contributed by atoms with Gasteiger partial charge in [-0.05, 0) is 48.2 Å². The van der Waals surface area contributed by atoms with Gasteiger partial charge in [-0.15, -0.1) is 0 Å². The molecule has 162 valence electrons. The van der Waals surface area contributed by atoms with E-state index >= 15 is 0 Å². The standard InChI is InChI=1S/C22H29N3O4S/c1-29-19-7-3-17(4-8-19)14-24-18-13-21(22(23)26)25(15-18)12-11-16-5-9-20(10-6-16)30(2,27)28/h3-10,18,21,24H,11-15H2,1-2H3,(H2,23,26)/i11D. The average molecular weight is 433 g/mol. The summed E-state index contributed by atoms with van der Waals surface area (Å²) in [5.41, 5.74) is 7.43. The van der Waals surface area contributed by atoms with E-state index in [4.69, 9.17) is 11.8 Å². The number of benzene rings is 2. The number of ether oxygens (including phenoxy) is 1. The molecule has 3 atom stereocenters. The van der Waals surface area contributed by atoms with Gasteiger partial charge in [-0.2, -0.15) is 0 Å². The summed E-state index contributed by atoms with van der Waals surface area (Å²) in [5.74, 6) is 0.406. The first kappa shape index (κ1) is 20.8. The highest BCUT2D eigenvalue weighted by Gasteiger charge is 2.34. The number of hydrogen-bond donors (Lipinski definition) is 2. The summed E-state index contributed by atoms with van der Waals surface area (Å²) in [4.78, 5) is 14.2. The molecule has 1 fully saturated rings. The molecule has 0 aromatic heterocycles. The van der Waals surface area contributed by atoms with Crippen LogP contribution in [-0.4, -0.2) is 57.8 Å². The fraction of sp³-hybridized carbons (Fsp3) is 0.409. The largest absolute Gasteiger partial charge is 0.497 e. The van der Waals surface area contributed by atoms with Crippen LogP contribution in [0.3, 0.4) is 0 Å². The molecule has 0 saturated carbocycles. The van der Waals surface area contributed by atoms with Crippen molar-refractivity contribution >= 4 is 15.7 Å². The van der Waals surface area contributed by atoms with Gasteiger partial charge in [-0.1, -0.05) is 24.3 Å². The molecule has 0 aliphatic carbocycles. The van der Waals surface area contributed by atoms with Crippen LogP contribution in [0.4, 0.5) is 0 Å². The number of hydrogen-bond acceptors (Lipinski definition) is 6. The van der Waals surface area contributed by atoms with Gasteiger partial charge in [0.2, 0.25) is 5.91 Å². The first-order valence-corrected chi connectivity index (χ1v) is 11.7. The highest BCUT2D eigenvalue weighted by atomic mass is 32.2. The molecule has 0 bridgehead atoms. The quantitative estimate of drug-likeness (QED) is 0.620. The van der Waals surface area contributed by atoms with Crippen molar-refractivity contribution in [2.24, 2.45) is 5.73 Å². The lowest BCUT2D eigenvalue weighted by molar-refractivity contribution is -0.122. The first-order valence-electron chi connectivity index (χ1n) is 10.4. The third-order valence-electron chi connectivity index (χ3n) is 5.36. The molecule has 1 amide bonds. The maximum absolute atomic E-state index is 12.0. The van der Waals surface area contributed by atoms with Crippen LogP contribution in [0.5, 0.6) is 5.75 Å². The Morgan fingerprint density at radius 1 is 1.20 bits per heavy atom. The molecule has 8 heteroatoms. The van der Waals surface area contributed by atoms with Crippen molar-refractivity contribution in [1.82, 2.24) is 10.2 Å². The predicted molar refractivity (Wildman–Crippen MR) is 116 cm³/mol. The van der Waals surface area contributed by atoms with E-state index in [0.717, 1.165) is 17.6 Å². The Bertz CT molecular complexity index is 996. The van der Waals surface area contributed by atoms with Crippen molar-refractivity contribution in [3.8, 4) is 5.75 Å². The van der Waals surface area contributed by atoms with Gasteiger partial charge >= 0.3 is 0 Å². The SMILES string of the molecule is [2H]C(CN1CC(NCc2ccc(OC)cc2)CC1C(N)=O)c1ccc(S(C)(=O)=O)cc1. The molecule has 3 rings (SSSR count). The first-order chi connectivity index (χ1) is 14.7. The Hall–Kier alpha value is -2.42. The maximum Gasteiger partial charge on any atom is 0.234 e. The number of carbonyl (C=O) groups is 1. The van der Waals surface area contributed by atoms with Crippen molar-refractivity contribution in [3.63, 3.8) is 0 Å². The van der Waals surface area contributed by atoms with Crippen LogP contribution in [0.2, 0.25) is 0 Å². The number of amides is 1. The fourth-order valence-electron chi connectivity index (χ4n) is 3.63. The smallest absolute Gasteiger partial charge is 0.234 e. The van der Waals surface area contributed by atoms with Gasteiger partial charge in [0.05, 0.1) is 18.0 Å². The predicted octanol–water partition coefficient (Wildman–Crippen LogP) is 1.36. The van der Waals surface area contributed by atoms with Gasteiger partial charge in [-0.25, -0.2) is 8.42 Å². The second-order valence-electron chi connectivity index (χ2n) is 7.58. The van der Waals surface area contributed by atoms with Crippen LogP contribution in [0.25, 0.3) is 0 Å². The highest BCUT2D eigenvalue weighted by Crippen LogP contribution is 2.20. The lowest BCUT2D eigenvalue weighted by Gasteiger charge is -2.21. The van der Waals surface area contributed by atoms with Crippen LogP contribution < -0.4 is 15.8 Å². The third-order valence-corrected chi connectivity index (χ3v) is 6.48. The summed E-state index contributed by atoms with van der Waals surface area (Å²) in [6, 6.07) is 13.8. The van der Waals surface area contributed by atoms with E-state index in [1.54, 1.807) is 19.2 Å². The van der Waals surface area contributed by atoms with Gasteiger partial charge in [-0.3, -0.25) is 9.69 Å². The second kappa shape index (κ2) is 9.59. The van der Waals surface area contributed by atoms with Crippen LogP contribution in [0.1, 0.15) is 18.9 Å². The summed E-state index contributed by atoms with van der Waals surface area (Å²) < 4.78 is 36.9. The molecular formula is C22H29N3O4S. The summed E-state index contributed by atoms with van der Waals surface area (Å²) in [6.45, 7) is 1.61. The highest BCUT2D eigenvalue weighted by molar-refractivity contribution is 7.90. The van der Waals surface area contributed by atoms with Gasteiger partial charge in [0.15, 0.2) is 9.84 Å². The third kappa shape index (κ3) is 5.81. The van der Waals surface area contributed by atoms with Crippen LogP contribution in [-0.2, 0) is 27.6 Å². The van der Waals surface area contributed by atoms with E-state index in [2.05, 4.69) is 5.32 Å². The molecule has 7 nitrogen and oxygen atoms in total. The normalized spacial score (nSPS) is 21.2. The molecule has 1 aliphatic rings. The molecule has 3 N–H and O–H groups in total. The van der Waals surface area contributed by atoms with E-state index in [1.165, 1.54) is 12.1 Å². The zero-order chi connectivity index (χ0) is 22.6. The molecule has 3 unspecified atom stereocenters. The molecule has 0 spiro atoms. The van der Waals surface area contributed by atoms with Gasteiger partial charge in [0.25, 0.3) is 0 Å². The fourth-order valence-corrected chi connectivity index (χ4v) is 4.26. The molecule has 2 aromatic rings. The van der Waals surface area contributed by atoms with Gasteiger partial charge < -0.3 is 15.8 Å². The zero-order valence-corrected chi connectivity index (χ0v) is 18.1. The van der Waals surface area contributed by atoms with E-state index in [9.17, 15) is 13.2 Å². The van der Waals surface area contributed by atoms with Crippen molar-refractivity contribution in [2.45, 2.75) is 36.3 Å². The van der Waals surface area contributed by atoms with Crippen LogP contribution in [0, 0.1) is 0 Å². The molecule has 1 heterocycles. The number of carbonyl (C=O) groups excluding carboxylic acids is 1. The summed E-state index contributed by atoms with van der Waals surface area (Å²) >= 11 is 0. The monoisotopic (exact) mass is 432 g/mol. The Kier molecular flexibility index (Phi) is 6.66. The number of rotatable bonds is 9. The number of methoxy groups -OCH3 is 1. The molecular weight excluding hydrogens is 402 g/mol. The maximum atomic E-state index is 12.0. The van der Waals surface area contributed by atoms with Crippen molar-refractivity contribution < 1.29 is 19.3 Å². The van der Waals surface area contributed by atoms with Crippen molar-refractivity contribution in [1.29, 1.82) is 0 Å². The second-order valence-corrected chi connectivity index (χ2v) is 9.59. The van der Waals surface area contributed by atoms with E-state index in [0.29, 0.717) is 31.6 Å². The molecule has 30 heavy (non-hydrogen) atoms. The Morgan fingerprint density at radius 2 is 1.83 bits per heavy atom. The Morgan fingerprint density at radius 3 is 2.40 bits per heavy atom. The molecule has 2 aromatic carbocycles. The van der Waals surface area contributed by atoms with Crippen LogP contribution >= 0.6 is 0 Å². The number of nitrogens with one attached hydrogen (secondary N) is 1. The molecule has 1 aliphatic heterocycles. The Labute approximate surface area is 179 Å². The number of sulfone groups is 1. The molecule has 1 saturated heterocycles. The minimum absolute atomic E-state index is 0.0828. The lowest BCUT2D eigenvalue weighted by Crippen LogP contribution is -2.41. The van der Waals surface area contributed by atoms with Crippen molar-refractivity contribution in [2.75, 3.05) is 26.5 Å². The zero-order valence-electron chi connectivity index (χ0n) is 18.2. The minimum Gasteiger partial charge on any atom is -0.497 e. The number of likely N-dealkylation sites (tertiary alicyclic amines) is 1. The number of nitrogens with two attached hydrogens (primary N) is 1. The average Bonchev–Trinajstić information content (AvgIpc) is 3.15. The van der Waals surface area contributed by atoms with E-state index in [-0.39, 0.29) is 10.9 Å². The van der Waals surface area contributed by atoms with Crippen LogP contribution in [0.15, 0.2) is 53.4 Å². The number of nitrogens with zero attached hydrogens (tertiary/aromatic N) is 1. The summed E-state index contributed by atoms with van der Waals surface area (Å²) in [7, 11) is -1.65. The van der Waals surface area contributed by atoms with Gasteiger partial charge in [0.1, 0.15) is 5.75 Å². The van der Waals surface area contributed by atoms with E-state index < -0.39 is 28.2 Å². The summed E-state index contributed by atoms with van der Waals surface area (Å²) in [6.07, 6.45) is 1.13. The lowest BCUT2D eigenvalue weighted by atomic mass is 10.1.